The van der Waals surface area contributed by atoms with Crippen molar-refractivity contribution in [2.24, 2.45) is 0 Å². The quantitative estimate of drug-likeness (QED) is 0.616. The Bertz CT molecular complexity index is 182. The van der Waals surface area contributed by atoms with Crippen LogP contribution in [0.25, 0.3) is 0 Å². The monoisotopic (exact) mass is 139 g/mol. The van der Waals surface area contributed by atoms with Gasteiger partial charge in [0.1, 0.15) is 5.83 Å². The maximum absolute atomic E-state index is 12.3. The van der Waals surface area contributed by atoms with E-state index >= 15 is 0 Å². The average Bonchev–Trinajstić information content (AvgIpc) is 1.95. The van der Waals surface area contributed by atoms with Crippen LogP contribution in [0.15, 0.2) is 36.8 Å². The Balaban J connectivity index is 2.44. The highest BCUT2D eigenvalue weighted by Gasteiger charge is 2.04. The maximum atomic E-state index is 12.3. The standard InChI is InChI=1S/C8H10FN/c1-2-10-8-5-3-7(9)4-6-8/h2-5,8,10H,1,6H2. The molecule has 1 rings (SSSR count). The molecule has 0 radical (unpaired) electrons. The summed E-state index contributed by atoms with van der Waals surface area (Å²) >= 11 is 0. The van der Waals surface area contributed by atoms with Gasteiger partial charge in [-0.25, -0.2) is 4.39 Å². The third-order valence-electron chi connectivity index (χ3n) is 1.39. The van der Waals surface area contributed by atoms with Crippen LogP contribution < -0.4 is 5.32 Å². The fourth-order valence-corrected chi connectivity index (χ4v) is 0.869. The van der Waals surface area contributed by atoms with Crippen molar-refractivity contribution in [2.45, 2.75) is 12.5 Å². The van der Waals surface area contributed by atoms with Gasteiger partial charge in [-0.05, 0) is 24.8 Å². The van der Waals surface area contributed by atoms with E-state index in [4.69, 9.17) is 0 Å². The van der Waals surface area contributed by atoms with E-state index in [-0.39, 0.29) is 11.9 Å². The van der Waals surface area contributed by atoms with Crippen LogP contribution in [0.3, 0.4) is 0 Å². The zero-order chi connectivity index (χ0) is 7.40. The lowest BCUT2D eigenvalue weighted by atomic mass is 10.1. The maximum Gasteiger partial charge on any atom is 0.119 e. The van der Waals surface area contributed by atoms with E-state index in [1.165, 1.54) is 6.08 Å². The van der Waals surface area contributed by atoms with Gasteiger partial charge in [-0.2, -0.15) is 0 Å². The van der Waals surface area contributed by atoms with Gasteiger partial charge < -0.3 is 5.32 Å². The molecule has 1 aliphatic carbocycles. The molecule has 1 N–H and O–H groups in total. The van der Waals surface area contributed by atoms with Crippen molar-refractivity contribution in [3.63, 3.8) is 0 Å². The van der Waals surface area contributed by atoms with Crippen LogP contribution in [-0.2, 0) is 0 Å². The van der Waals surface area contributed by atoms with E-state index in [9.17, 15) is 4.39 Å². The first-order chi connectivity index (χ1) is 4.83. The van der Waals surface area contributed by atoms with Gasteiger partial charge in [-0.3, -0.25) is 0 Å². The minimum absolute atomic E-state index is 0.151. The molecule has 1 unspecified atom stereocenters. The molecule has 1 aliphatic rings. The minimum atomic E-state index is -0.151. The Labute approximate surface area is 59.9 Å². The van der Waals surface area contributed by atoms with Crippen LogP contribution in [-0.4, -0.2) is 6.04 Å². The Morgan fingerprint density at radius 3 is 3.10 bits per heavy atom. The molecule has 0 aromatic carbocycles. The summed E-state index contributed by atoms with van der Waals surface area (Å²) in [7, 11) is 0. The summed E-state index contributed by atoms with van der Waals surface area (Å²) < 4.78 is 12.3. The van der Waals surface area contributed by atoms with Gasteiger partial charge in [-0.15, -0.1) is 0 Å². The summed E-state index contributed by atoms with van der Waals surface area (Å²) in [5.74, 6) is -0.151. The normalized spacial score (nSPS) is 23.7. The zero-order valence-electron chi connectivity index (χ0n) is 5.68. The molecule has 0 aliphatic heterocycles. The number of rotatable bonds is 2. The van der Waals surface area contributed by atoms with E-state index < -0.39 is 0 Å². The zero-order valence-corrected chi connectivity index (χ0v) is 5.68. The van der Waals surface area contributed by atoms with Crippen molar-refractivity contribution >= 4 is 0 Å². The topological polar surface area (TPSA) is 12.0 Å². The SMILES string of the molecule is C=CNC1C=CC(F)=CC1. The highest BCUT2D eigenvalue weighted by atomic mass is 19.1. The first kappa shape index (κ1) is 7.06. The fourth-order valence-electron chi connectivity index (χ4n) is 0.869. The van der Waals surface area contributed by atoms with Gasteiger partial charge in [0.25, 0.3) is 0 Å². The van der Waals surface area contributed by atoms with Crippen LogP contribution in [0.1, 0.15) is 6.42 Å². The number of allylic oxidation sites excluding steroid dienone is 2. The summed E-state index contributed by atoms with van der Waals surface area (Å²) in [4.78, 5) is 0. The van der Waals surface area contributed by atoms with E-state index in [1.807, 2.05) is 0 Å². The van der Waals surface area contributed by atoms with Crippen molar-refractivity contribution in [1.82, 2.24) is 5.32 Å². The number of hydrogen-bond acceptors (Lipinski definition) is 1. The average molecular weight is 139 g/mol. The van der Waals surface area contributed by atoms with Gasteiger partial charge in [0.05, 0.1) is 0 Å². The molecule has 54 valence electrons. The molecule has 0 aromatic heterocycles. The molecule has 0 saturated carbocycles. The van der Waals surface area contributed by atoms with Crippen LogP contribution in [0.4, 0.5) is 4.39 Å². The highest BCUT2D eigenvalue weighted by molar-refractivity contribution is 5.19. The Morgan fingerprint density at radius 1 is 1.80 bits per heavy atom. The van der Waals surface area contributed by atoms with E-state index in [2.05, 4.69) is 11.9 Å². The second kappa shape index (κ2) is 3.20. The van der Waals surface area contributed by atoms with Crippen LogP contribution >= 0.6 is 0 Å². The van der Waals surface area contributed by atoms with Crippen LogP contribution in [0.5, 0.6) is 0 Å². The molecule has 0 bridgehead atoms. The number of hydrogen-bond donors (Lipinski definition) is 1. The smallest absolute Gasteiger partial charge is 0.119 e. The molecule has 1 nitrogen and oxygen atoms in total. The molecule has 0 heterocycles. The van der Waals surface area contributed by atoms with Crippen molar-refractivity contribution < 1.29 is 4.39 Å². The Morgan fingerprint density at radius 2 is 2.60 bits per heavy atom. The predicted octanol–water partition coefficient (Wildman–Crippen LogP) is 1.90. The van der Waals surface area contributed by atoms with Gasteiger partial charge >= 0.3 is 0 Å². The first-order valence-electron chi connectivity index (χ1n) is 3.24. The molecular formula is C8H10FN. The van der Waals surface area contributed by atoms with Crippen LogP contribution in [0, 0.1) is 0 Å². The molecular weight excluding hydrogens is 129 g/mol. The third-order valence-corrected chi connectivity index (χ3v) is 1.39. The lowest BCUT2D eigenvalue weighted by molar-refractivity contribution is 0.623. The fraction of sp³-hybridized carbons (Fsp3) is 0.250. The summed E-state index contributed by atoms with van der Waals surface area (Å²) in [6.45, 7) is 3.51. The second-order valence-corrected chi connectivity index (χ2v) is 2.16. The summed E-state index contributed by atoms with van der Waals surface area (Å²) in [5.41, 5.74) is 0. The first-order valence-corrected chi connectivity index (χ1v) is 3.24. The molecule has 0 aromatic rings. The molecule has 0 amide bonds. The predicted molar refractivity (Wildman–Crippen MR) is 40.1 cm³/mol. The Hall–Kier alpha value is -1.05. The summed E-state index contributed by atoms with van der Waals surface area (Å²) in [6.07, 6.45) is 7.13. The van der Waals surface area contributed by atoms with E-state index in [1.54, 1.807) is 18.4 Å². The van der Waals surface area contributed by atoms with Crippen molar-refractivity contribution in [3.8, 4) is 0 Å². The van der Waals surface area contributed by atoms with Gasteiger partial charge in [0, 0.05) is 6.04 Å². The van der Waals surface area contributed by atoms with Crippen molar-refractivity contribution in [3.05, 3.63) is 36.8 Å². The molecule has 10 heavy (non-hydrogen) atoms. The van der Waals surface area contributed by atoms with E-state index in [0.29, 0.717) is 6.42 Å². The summed E-state index contributed by atoms with van der Waals surface area (Å²) in [5, 5.41) is 2.97. The second-order valence-electron chi connectivity index (χ2n) is 2.16. The molecule has 2 heteroatoms. The number of nitrogens with one attached hydrogen (secondary N) is 1. The molecule has 0 fully saturated rings. The largest absolute Gasteiger partial charge is 0.385 e. The van der Waals surface area contributed by atoms with Crippen molar-refractivity contribution in [2.75, 3.05) is 0 Å². The van der Waals surface area contributed by atoms with Crippen molar-refractivity contribution in [1.29, 1.82) is 0 Å². The van der Waals surface area contributed by atoms with Gasteiger partial charge in [0.15, 0.2) is 0 Å². The van der Waals surface area contributed by atoms with Gasteiger partial charge in [-0.1, -0.05) is 12.7 Å². The molecule has 0 saturated heterocycles. The third kappa shape index (κ3) is 1.72. The lowest BCUT2D eigenvalue weighted by Gasteiger charge is -2.12. The molecule has 0 spiro atoms. The lowest BCUT2D eigenvalue weighted by Crippen LogP contribution is -2.21. The highest BCUT2D eigenvalue weighted by Crippen LogP contribution is 2.10. The van der Waals surface area contributed by atoms with Gasteiger partial charge in [0.2, 0.25) is 0 Å². The molecule has 1 atom stereocenters. The number of halogens is 1. The van der Waals surface area contributed by atoms with E-state index in [0.717, 1.165) is 0 Å². The minimum Gasteiger partial charge on any atom is -0.385 e. The Kier molecular flexibility index (Phi) is 2.26. The van der Waals surface area contributed by atoms with Crippen LogP contribution in [0.2, 0.25) is 0 Å². The summed E-state index contributed by atoms with van der Waals surface area (Å²) in [6, 6.07) is 0.219.